The van der Waals surface area contributed by atoms with Crippen molar-refractivity contribution in [2.24, 2.45) is 5.92 Å². The van der Waals surface area contributed by atoms with Crippen molar-refractivity contribution >= 4 is 17.4 Å². The van der Waals surface area contributed by atoms with E-state index in [9.17, 15) is 0 Å². The minimum atomic E-state index is 0.690. The molecule has 1 aromatic rings. The van der Waals surface area contributed by atoms with Crippen molar-refractivity contribution in [2.45, 2.75) is 12.8 Å². The smallest absolute Gasteiger partial charge is 0.131 e. The molecule has 1 aliphatic heterocycles. The highest BCUT2D eigenvalue weighted by atomic mass is 35.5. The predicted molar refractivity (Wildman–Crippen MR) is 57.7 cm³/mol. The topological polar surface area (TPSA) is 29.0 Å². The number of alkyl halides is 1. The fourth-order valence-electron chi connectivity index (χ4n) is 1.79. The van der Waals surface area contributed by atoms with Crippen LogP contribution in [0.5, 0.6) is 0 Å². The lowest BCUT2D eigenvalue weighted by Crippen LogP contribution is -2.34. The standard InChI is InChI=1S/C10H14ClN3/c11-7-9-2-5-14(6-3-9)10-1-4-12-8-13-10/h1,4,8-9H,2-3,5-7H2. The van der Waals surface area contributed by atoms with E-state index in [0.717, 1.165) is 24.8 Å². The molecule has 4 heteroatoms. The molecule has 0 bridgehead atoms. The van der Waals surface area contributed by atoms with Gasteiger partial charge in [-0.3, -0.25) is 0 Å². The molecule has 0 atom stereocenters. The van der Waals surface area contributed by atoms with E-state index in [1.807, 2.05) is 6.07 Å². The number of nitrogens with zero attached hydrogens (tertiary/aromatic N) is 3. The van der Waals surface area contributed by atoms with Crippen molar-refractivity contribution in [1.29, 1.82) is 0 Å². The lowest BCUT2D eigenvalue weighted by Gasteiger charge is -2.31. The first-order valence-electron chi connectivity index (χ1n) is 4.97. The molecule has 0 unspecified atom stereocenters. The van der Waals surface area contributed by atoms with Crippen LogP contribution in [0.4, 0.5) is 5.82 Å². The van der Waals surface area contributed by atoms with Crippen molar-refractivity contribution in [2.75, 3.05) is 23.9 Å². The Labute approximate surface area is 89.1 Å². The fraction of sp³-hybridized carbons (Fsp3) is 0.600. The molecule has 0 radical (unpaired) electrons. The molecule has 2 rings (SSSR count). The third-order valence-electron chi connectivity index (χ3n) is 2.72. The van der Waals surface area contributed by atoms with Gasteiger partial charge in [-0.15, -0.1) is 11.6 Å². The number of piperidine rings is 1. The van der Waals surface area contributed by atoms with E-state index in [4.69, 9.17) is 11.6 Å². The van der Waals surface area contributed by atoms with E-state index >= 15 is 0 Å². The Morgan fingerprint density at radius 2 is 2.21 bits per heavy atom. The van der Waals surface area contributed by atoms with Crippen LogP contribution in [0.15, 0.2) is 18.6 Å². The van der Waals surface area contributed by atoms with Crippen molar-refractivity contribution in [3.63, 3.8) is 0 Å². The Morgan fingerprint density at radius 3 is 2.79 bits per heavy atom. The highest BCUT2D eigenvalue weighted by molar-refractivity contribution is 6.18. The number of aromatic nitrogens is 2. The van der Waals surface area contributed by atoms with Crippen LogP contribution in [0.2, 0.25) is 0 Å². The van der Waals surface area contributed by atoms with Crippen LogP contribution in [0, 0.1) is 5.92 Å². The van der Waals surface area contributed by atoms with Crippen molar-refractivity contribution < 1.29 is 0 Å². The first-order chi connectivity index (χ1) is 6.90. The molecule has 0 spiro atoms. The average Bonchev–Trinajstić information content (AvgIpc) is 2.30. The Bertz CT molecular complexity index is 270. The van der Waals surface area contributed by atoms with Crippen LogP contribution >= 0.6 is 11.6 Å². The van der Waals surface area contributed by atoms with Crippen LogP contribution in [0.3, 0.4) is 0 Å². The molecule has 1 aliphatic rings. The van der Waals surface area contributed by atoms with E-state index in [2.05, 4.69) is 14.9 Å². The van der Waals surface area contributed by atoms with Crippen LogP contribution < -0.4 is 4.90 Å². The maximum atomic E-state index is 5.83. The third kappa shape index (κ3) is 2.15. The summed E-state index contributed by atoms with van der Waals surface area (Å²) in [6.07, 6.45) is 5.74. The van der Waals surface area contributed by atoms with Gasteiger partial charge >= 0.3 is 0 Å². The first kappa shape index (κ1) is 9.71. The Hall–Kier alpha value is -0.830. The molecular formula is C10H14ClN3. The molecule has 0 saturated carbocycles. The fourth-order valence-corrected chi connectivity index (χ4v) is 2.10. The van der Waals surface area contributed by atoms with Crippen LogP contribution in [-0.4, -0.2) is 28.9 Å². The maximum absolute atomic E-state index is 5.83. The summed E-state index contributed by atoms with van der Waals surface area (Å²) >= 11 is 5.83. The molecule has 76 valence electrons. The molecule has 1 aromatic heterocycles. The molecule has 0 N–H and O–H groups in total. The lowest BCUT2D eigenvalue weighted by atomic mass is 9.99. The van der Waals surface area contributed by atoms with Gasteiger partial charge in [-0.25, -0.2) is 9.97 Å². The van der Waals surface area contributed by atoms with E-state index in [1.54, 1.807) is 12.5 Å². The summed E-state index contributed by atoms with van der Waals surface area (Å²) in [5, 5.41) is 0. The summed E-state index contributed by atoms with van der Waals surface area (Å²) in [6.45, 7) is 2.13. The van der Waals surface area contributed by atoms with E-state index < -0.39 is 0 Å². The minimum absolute atomic E-state index is 0.690. The minimum Gasteiger partial charge on any atom is -0.357 e. The number of rotatable bonds is 2. The highest BCUT2D eigenvalue weighted by Crippen LogP contribution is 2.21. The summed E-state index contributed by atoms with van der Waals surface area (Å²) < 4.78 is 0. The van der Waals surface area contributed by atoms with Crippen LogP contribution in [0.25, 0.3) is 0 Å². The summed E-state index contributed by atoms with van der Waals surface area (Å²) in [5.74, 6) is 2.51. The highest BCUT2D eigenvalue weighted by Gasteiger charge is 2.18. The number of hydrogen-bond donors (Lipinski definition) is 0. The molecule has 0 aromatic carbocycles. The van der Waals surface area contributed by atoms with E-state index in [1.165, 1.54) is 12.8 Å². The van der Waals surface area contributed by atoms with Gasteiger partial charge in [-0.1, -0.05) is 0 Å². The zero-order valence-electron chi connectivity index (χ0n) is 8.06. The number of halogens is 1. The Balaban J connectivity index is 1.96. The van der Waals surface area contributed by atoms with Gasteiger partial charge in [0.05, 0.1) is 0 Å². The summed E-state index contributed by atoms with van der Waals surface area (Å²) in [6, 6.07) is 1.96. The Kier molecular flexibility index (Phi) is 3.19. The van der Waals surface area contributed by atoms with E-state index in [-0.39, 0.29) is 0 Å². The van der Waals surface area contributed by atoms with Gasteiger partial charge in [0.2, 0.25) is 0 Å². The van der Waals surface area contributed by atoms with Gasteiger partial charge in [0, 0.05) is 25.2 Å². The van der Waals surface area contributed by atoms with Crippen molar-refractivity contribution in [3.8, 4) is 0 Å². The predicted octanol–water partition coefficient (Wildman–Crippen LogP) is 1.93. The summed E-state index contributed by atoms with van der Waals surface area (Å²) in [5.41, 5.74) is 0. The zero-order chi connectivity index (χ0) is 9.80. The SMILES string of the molecule is ClCC1CCN(c2ccncn2)CC1. The molecular weight excluding hydrogens is 198 g/mol. The number of anilines is 1. The first-order valence-corrected chi connectivity index (χ1v) is 5.50. The largest absolute Gasteiger partial charge is 0.357 e. The third-order valence-corrected chi connectivity index (χ3v) is 3.16. The normalized spacial score (nSPS) is 18.5. The zero-order valence-corrected chi connectivity index (χ0v) is 8.82. The molecule has 1 saturated heterocycles. The van der Waals surface area contributed by atoms with Gasteiger partial charge in [-0.05, 0) is 24.8 Å². The summed E-state index contributed by atoms with van der Waals surface area (Å²) in [4.78, 5) is 10.4. The number of hydrogen-bond acceptors (Lipinski definition) is 3. The van der Waals surface area contributed by atoms with Gasteiger partial charge < -0.3 is 4.90 Å². The average molecular weight is 212 g/mol. The van der Waals surface area contributed by atoms with Gasteiger partial charge in [0.25, 0.3) is 0 Å². The van der Waals surface area contributed by atoms with Gasteiger partial charge in [0.15, 0.2) is 0 Å². The Morgan fingerprint density at radius 1 is 1.43 bits per heavy atom. The molecule has 14 heavy (non-hydrogen) atoms. The van der Waals surface area contributed by atoms with Gasteiger partial charge in [-0.2, -0.15) is 0 Å². The molecule has 3 nitrogen and oxygen atoms in total. The molecule has 1 fully saturated rings. The second-order valence-electron chi connectivity index (χ2n) is 3.65. The van der Waals surface area contributed by atoms with Crippen molar-refractivity contribution in [3.05, 3.63) is 18.6 Å². The summed E-state index contributed by atoms with van der Waals surface area (Å²) in [7, 11) is 0. The molecule has 0 aliphatic carbocycles. The quantitative estimate of drug-likeness (QED) is 0.701. The van der Waals surface area contributed by atoms with Crippen molar-refractivity contribution in [1.82, 2.24) is 9.97 Å². The van der Waals surface area contributed by atoms with E-state index in [0.29, 0.717) is 5.92 Å². The lowest BCUT2D eigenvalue weighted by molar-refractivity contribution is 0.441. The molecule has 0 amide bonds. The second kappa shape index (κ2) is 4.60. The van der Waals surface area contributed by atoms with Crippen LogP contribution in [0.1, 0.15) is 12.8 Å². The molecule has 2 heterocycles. The monoisotopic (exact) mass is 211 g/mol. The maximum Gasteiger partial charge on any atom is 0.131 e. The van der Waals surface area contributed by atoms with Crippen LogP contribution in [-0.2, 0) is 0 Å². The second-order valence-corrected chi connectivity index (χ2v) is 3.96. The van der Waals surface area contributed by atoms with Gasteiger partial charge in [0.1, 0.15) is 12.1 Å².